The Morgan fingerprint density at radius 2 is 1.84 bits per heavy atom. The lowest BCUT2D eigenvalue weighted by Gasteiger charge is -2.16. The standard InChI is InChI=1S/C33H41N5O2S.C2H6/c1-5-8-11-29(23(4)9-6-2)41-30(10-7-3)38-33(39)25-14-18-35-26(20-25)21-36-32-27-15-19-40-31(27)28(22-37-32)24-12-16-34-17-13-24;1-2/h10,12-14,16-18,20,22H,5-9,11,15,19,21H2,1-4H3,(H,36,37)(H,38,39);1-2H3/b29-23+,30-10+;. The maximum atomic E-state index is 13.3. The number of hydrogen-bond donors (Lipinski definition) is 2. The number of anilines is 1. The third kappa shape index (κ3) is 9.68. The lowest BCUT2D eigenvalue weighted by atomic mass is 10.0. The van der Waals surface area contributed by atoms with Crippen LogP contribution in [0.15, 0.2) is 70.6 Å². The Labute approximate surface area is 262 Å². The van der Waals surface area contributed by atoms with Crippen LogP contribution >= 0.6 is 11.8 Å². The highest BCUT2D eigenvalue weighted by molar-refractivity contribution is 8.06. The predicted octanol–water partition coefficient (Wildman–Crippen LogP) is 9.09. The van der Waals surface area contributed by atoms with Crippen LogP contribution in [0, 0.1) is 0 Å². The van der Waals surface area contributed by atoms with Gasteiger partial charge in [0.25, 0.3) is 5.91 Å². The second-order valence-corrected chi connectivity index (χ2v) is 11.3. The van der Waals surface area contributed by atoms with Crippen molar-refractivity contribution >= 4 is 23.5 Å². The molecule has 0 aromatic carbocycles. The van der Waals surface area contributed by atoms with Gasteiger partial charge in [-0.05, 0) is 67.3 Å². The van der Waals surface area contributed by atoms with E-state index in [1.807, 2.05) is 38.2 Å². The van der Waals surface area contributed by atoms with Crippen LogP contribution in [0.5, 0.6) is 5.75 Å². The van der Waals surface area contributed by atoms with Crippen LogP contribution in [-0.2, 0) is 13.0 Å². The minimum atomic E-state index is -0.127. The molecule has 3 aromatic heterocycles. The number of rotatable bonds is 14. The van der Waals surface area contributed by atoms with Crippen molar-refractivity contribution in [1.82, 2.24) is 20.3 Å². The summed E-state index contributed by atoms with van der Waals surface area (Å²) in [4.78, 5) is 28.0. The number of ether oxygens (including phenoxy) is 1. The molecule has 2 N–H and O–H groups in total. The molecular weight excluding hydrogens is 554 g/mol. The molecule has 43 heavy (non-hydrogen) atoms. The van der Waals surface area contributed by atoms with Crippen molar-refractivity contribution in [1.29, 1.82) is 0 Å². The number of amides is 1. The monoisotopic (exact) mass is 601 g/mol. The van der Waals surface area contributed by atoms with E-state index in [0.29, 0.717) is 18.7 Å². The number of thioether (sulfide) groups is 1. The van der Waals surface area contributed by atoms with Crippen LogP contribution in [0.25, 0.3) is 11.1 Å². The zero-order valence-electron chi connectivity index (χ0n) is 26.6. The van der Waals surface area contributed by atoms with E-state index in [1.54, 1.807) is 36.4 Å². The summed E-state index contributed by atoms with van der Waals surface area (Å²) in [7, 11) is 0. The summed E-state index contributed by atoms with van der Waals surface area (Å²) in [5, 5.41) is 7.48. The third-order valence-electron chi connectivity index (χ3n) is 6.95. The summed E-state index contributed by atoms with van der Waals surface area (Å²) < 4.78 is 5.98. The lowest BCUT2D eigenvalue weighted by molar-refractivity contribution is 0.0968. The molecule has 1 aliphatic rings. The highest BCUT2D eigenvalue weighted by Crippen LogP contribution is 2.39. The molecule has 0 radical (unpaired) electrons. The number of nitrogens with one attached hydrogen (secondary N) is 2. The molecule has 0 saturated carbocycles. The van der Waals surface area contributed by atoms with Gasteiger partial charge in [-0.1, -0.05) is 70.9 Å². The smallest absolute Gasteiger partial charge is 0.256 e. The molecule has 0 unspecified atom stereocenters. The molecule has 4 heterocycles. The first-order valence-electron chi connectivity index (χ1n) is 15.7. The van der Waals surface area contributed by atoms with E-state index in [2.05, 4.69) is 54.4 Å². The first kappa shape index (κ1) is 33.8. The fraction of sp³-hybridized carbons (Fsp3) is 0.429. The number of unbranched alkanes of at least 4 members (excludes halogenated alkanes) is 1. The first-order chi connectivity index (χ1) is 21.0. The average Bonchev–Trinajstić information content (AvgIpc) is 3.54. The van der Waals surface area contributed by atoms with Gasteiger partial charge < -0.3 is 15.4 Å². The number of aromatic nitrogens is 3. The van der Waals surface area contributed by atoms with Crippen LogP contribution < -0.4 is 15.4 Å². The van der Waals surface area contributed by atoms with E-state index in [4.69, 9.17) is 9.72 Å². The molecule has 0 bridgehead atoms. The summed E-state index contributed by atoms with van der Waals surface area (Å²) in [6, 6.07) is 7.52. The fourth-order valence-electron chi connectivity index (χ4n) is 4.79. The van der Waals surface area contributed by atoms with E-state index < -0.39 is 0 Å². The topological polar surface area (TPSA) is 89.0 Å². The van der Waals surface area contributed by atoms with Gasteiger partial charge in [-0.15, -0.1) is 0 Å². The van der Waals surface area contributed by atoms with Crippen LogP contribution in [0.4, 0.5) is 5.82 Å². The first-order valence-corrected chi connectivity index (χ1v) is 16.5. The van der Waals surface area contributed by atoms with Gasteiger partial charge in [0.15, 0.2) is 0 Å². The van der Waals surface area contributed by atoms with Crippen molar-refractivity contribution < 1.29 is 9.53 Å². The molecule has 4 rings (SSSR count). The number of nitrogens with zero attached hydrogens (tertiary/aromatic N) is 3. The molecule has 1 aliphatic heterocycles. The number of fused-ring (bicyclic) bond motifs is 1. The second kappa shape index (κ2) is 18.1. The molecule has 0 fully saturated rings. The number of hydrogen-bond acceptors (Lipinski definition) is 7. The number of allylic oxidation sites excluding steroid dienone is 3. The molecule has 0 atom stereocenters. The minimum Gasteiger partial charge on any atom is -0.492 e. The predicted molar refractivity (Wildman–Crippen MR) is 180 cm³/mol. The lowest BCUT2D eigenvalue weighted by Crippen LogP contribution is -2.22. The molecular formula is C35H47N5O2S. The summed E-state index contributed by atoms with van der Waals surface area (Å²) in [6.07, 6.45) is 16.3. The van der Waals surface area contributed by atoms with E-state index in [1.165, 1.54) is 10.5 Å². The molecule has 230 valence electrons. The largest absolute Gasteiger partial charge is 0.492 e. The number of carbonyl (C=O) groups excluding carboxylic acids is 1. The van der Waals surface area contributed by atoms with Gasteiger partial charge in [0.2, 0.25) is 0 Å². The quantitative estimate of drug-likeness (QED) is 0.190. The molecule has 8 heteroatoms. The minimum absolute atomic E-state index is 0.127. The fourth-order valence-corrected chi connectivity index (χ4v) is 5.97. The Morgan fingerprint density at radius 1 is 1.05 bits per heavy atom. The zero-order chi connectivity index (χ0) is 31.0. The van der Waals surface area contributed by atoms with Crippen molar-refractivity contribution in [2.75, 3.05) is 11.9 Å². The molecule has 0 spiro atoms. The molecule has 0 aliphatic carbocycles. The Balaban J connectivity index is 0.00000248. The van der Waals surface area contributed by atoms with Gasteiger partial charge in [-0.25, -0.2) is 4.98 Å². The summed E-state index contributed by atoms with van der Waals surface area (Å²) in [5.74, 6) is 1.52. The molecule has 1 amide bonds. The van der Waals surface area contributed by atoms with Gasteiger partial charge >= 0.3 is 0 Å². The van der Waals surface area contributed by atoms with Crippen LogP contribution in [0.1, 0.15) is 102 Å². The van der Waals surface area contributed by atoms with E-state index in [9.17, 15) is 4.79 Å². The third-order valence-corrected chi connectivity index (χ3v) is 8.24. The summed E-state index contributed by atoms with van der Waals surface area (Å²) in [6.45, 7) is 13.8. The van der Waals surface area contributed by atoms with Gasteiger partial charge in [0.05, 0.1) is 23.9 Å². The van der Waals surface area contributed by atoms with Crippen LogP contribution in [0.3, 0.4) is 0 Å². The average molecular weight is 602 g/mol. The highest BCUT2D eigenvalue weighted by Gasteiger charge is 2.22. The molecule has 7 nitrogen and oxygen atoms in total. The van der Waals surface area contributed by atoms with Gasteiger partial charge in [0.1, 0.15) is 11.6 Å². The zero-order valence-corrected chi connectivity index (χ0v) is 27.4. The van der Waals surface area contributed by atoms with Crippen LogP contribution in [-0.4, -0.2) is 27.5 Å². The number of pyridine rings is 3. The highest BCUT2D eigenvalue weighted by atomic mass is 32.2. The van der Waals surface area contributed by atoms with E-state index in [-0.39, 0.29) is 5.91 Å². The van der Waals surface area contributed by atoms with Gasteiger partial charge in [0, 0.05) is 47.9 Å². The van der Waals surface area contributed by atoms with Crippen molar-refractivity contribution in [2.45, 2.75) is 93.0 Å². The van der Waals surface area contributed by atoms with Crippen molar-refractivity contribution in [3.05, 3.63) is 87.5 Å². The van der Waals surface area contributed by atoms with Crippen molar-refractivity contribution in [2.24, 2.45) is 0 Å². The molecule has 0 saturated heterocycles. The van der Waals surface area contributed by atoms with Gasteiger partial charge in [-0.3, -0.25) is 14.8 Å². The van der Waals surface area contributed by atoms with Gasteiger partial charge in [-0.2, -0.15) is 0 Å². The van der Waals surface area contributed by atoms with Crippen LogP contribution in [0.2, 0.25) is 0 Å². The maximum absolute atomic E-state index is 13.3. The Kier molecular flexibility index (Phi) is 14.3. The Bertz CT molecular complexity index is 1390. The number of carbonyl (C=O) groups is 1. The summed E-state index contributed by atoms with van der Waals surface area (Å²) >= 11 is 1.71. The Morgan fingerprint density at radius 3 is 2.56 bits per heavy atom. The van der Waals surface area contributed by atoms with E-state index in [0.717, 1.165) is 83.9 Å². The SMILES string of the molecule is CC.CC/C=C(\NC(=O)c1ccnc(CNc2ncc(-c3ccncc3)c3c2CCO3)c1)S/C(CCCC)=C(\C)CCC. The van der Waals surface area contributed by atoms with Crippen molar-refractivity contribution in [3.8, 4) is 16.9 Å². The summed E-state index contributed by atoms with van der Waals surface area (Å²) in [5.41, 5.74) is 5.82. The Hall–Kier alpha value is -3.65. The van der Waals surface area contributed by atoms with E-state index >= 15 is 0 Å². The maximum Gasteiger partial charge on any atom is 0.256 e. The van der Waals surface area contributed by atoms with Crippen molar-refractivity contribution in [3.63, 3.8) is 0 Å². The normalized spacial score (nSPS) is 12.8. The second-order valence-electron chi connectivity index (χ2n) is 10.1. The molecule has 3 aromatic rings.